The van der Waals surface area contributed by atoms with Gasteiger partial charge in [-0.05, 0) is 49.5 Å². The Labute approximate surface area is 120 Å². The fourth-order valence-electron chi connectivity index (χ4n) is 2.97. The summed E-state index contributed by atoms with van der Waals surface area (Å²) >= 11 is 1.79. The van der Waals surface area contributed by atoms with E-state index >= 15 is 0 Å². The average molecular weight is 279 g/mol. The van der Waals surface area contributed by atoms with E-state index in [1.54, 1.807) is 11.3 Å². The van der Waals surface area contributed by atoms with Crippen molar-refractivity contribution in [1.82, 2.24) is 4.90 Å². The molecule has 1 amide bonds. The quantitative estimate of drug-likeness (QED) is 0.794. The van der Waals surface area contributed by atoms with Gasteiger partial charge in [0, 0.05) is 23.9 Å². The van der Waals surface area contributed by atoms with Crippen LogP contribution >= 0.6 is 11.3 Å². The van der Waals surface area contributed by atoms with Crippen molar-refractivity contribution in [3.8, 4) is 0 Å². The molecule has 0 saturated carbocycles. The van der Waals surface area contributed by atoms with Crippen LogP contribution in [-0.4, -0.2) is 23.4 Å². The van der Waals surface area contributed by atoms with Crippen LogP contribution < -0.4 is 0 Å². The smallest absolute Gasteiger partial charge is 0.222 e. The molecule has 0 spiro atoms. The minimum Gasteiger partial charge on any atom is -0.339 e. The molecule has 3 heteroatoms. The van der Waals surface area contributed by atoms with Crippen LogP contribution in [0.4, 0.5) is 0 Å². The maximum absolute atomic E-state index is 12.4. The molecule has 2 nitrogen and oxygen atoms in total. The zero-order valence-corrected chi connectivity index (χ0v) is 12.9. The molecule has 2 heterocycles. The molecule has 19 heavy (non-hydrogen) atoms. The summed E-state index contributed by atoms with van der Waals surface area (Å²) in [5.41, 5.74) is 0. The lowest BCUT2D eigenvalue weighted by Gasteiger charge is -2.38. The monoisotopic (exact) mass is 279 g/mol. The van der Waals surface area contributed by atoms with Gasteiger partial charge in [-0.15, -0.1) is 11.3 Å². The molecule has 0 aliphatic carbocycles. The number of hydrogen-bond acceptors (Lipinski definition) is 2. The fourth-order valence-corrected chi connectivity index (χ4v) is 3.72. The summed E-state index contributed by atoms with van der Waals surface area (Å²) in [4.78, 5) is 15.9. The van der Waals surface area contributed by atoms with Crippen LogP contribution in [0, 0.1) is 5.92 Å². The maximum Gasteiger partial charge on any atom is 0.222 e. The number of carbonyl (C=O) groups excluding carboxylic acids is 1. The topological polar surface area (TPSA) is 20.3 Å². The first-order valence-electron chi connectivity index (χ1n) is 7.50. The normalized spacial score (nSPS) is 19.9. The lowest BCUT2D eigenvalue weighted by molar-refractivity contribution is -0.136. The van der Waals surface area contributed by atoms with Crippen LogP contribution in [0.3, 0.4) is 0 Å². The van der Waals surface area contributed by atoms with Gasteiger partial charge in [0.25, 0.3) is 0 Å². The van der Waals surface area contributed by atoms with Gasteiger partial charge in [0.2, 0.25) is 5.91 Å². The van der Waals surface area contributed by atoms with Crippen molar-refractivity contribution in [2.45, 2.75) is 58.4 Å². The largest absolute Gasteiger partial charge is 0.339 e. The minimum absolute atomic E-state index is 0.370. The van der Waals surface area contributed by atoms with E-state index in [9.17, 15) is 4.79 Å². The van der Waals surface area contributed by atoms with Gasteiger partial charge in [-0.3, -0.25) is 4.79 Å². The van der Waals surface area contributed by atoms with Gasteiger partial charge < -0.3 is 4.90 Å². The van der Waals surface area contributed by atoms with E-state index in [0.29, 0.717) is 24.3 Å². The molecule has 1 atom stereocenters. The molecule has 0 N–H and O–H groups in total. The van der Waals surface area contributed by atoms with E-state index in [4.69, 9.17) is 0 Å². The Balaban J connectivity index is 1.80. The molecule has 106 valence electrons. The summed E-state index contributed by atoms with van der Waals surface area (Å²) in [7, 11) is 0. The molecule has 1 aliphatic heterocycles. The molecule has 1 fully saturated rings. The van der Waals surface area contributed by atoms with Crippen molar-refractivity contribution in [3.63, 3.8) is 0 Å². The van der Waals surface area contributed by atoms with Gasteiger partial charge in [-0.25, -0.2) is 0 Å². The van der Waals surface area contributed by atoms with Crippen LogP contribution in [-0.2, 0) is 11.2 Å². The summed E-state index contributed by atoms with van der Waals surface area (Å²) in [5.74, 6) is 0.955. The first-order chi connectivity index (χ1) is 9.18. The lowest BCUT2D eigenvalue weighted by atomic mass is 9.92. The number of amides is 1. The van der Waals surface area contributed by atoms with Crippen LogP contribution in [0.1, 0.15) is 50.8 Å². The third-order valence-electron chi connectivity index (χ3n) is 4.03. The first-order valence-corrected chi connectivity index (χ1v) is 8.38. The highest BCUT2D eigenvalue weighted by Gasteiger charge is 2.28. The zero-order chi connectivity index (χ0) is 13.7. The van der Waals surface area contributed by atoms with Gasteiger partial charge in [0.15, 0.2) is 0 Å². The minimum atomic E-state index is 0.370. The molecular formula is C16H25NOS. The van der Waals surface area contributed by atoms with Crippen molar-refractivity contribution in [2.75, 3.05) is 6.54 Å². The average Bonchev–Trinajstić information content (AvgIpc) is 2.91. The fraction of sp³-hybridized carbons (Fsp3) is 0.688. The Morgan fingerprint density at radius 2 is 2.32 bits per heavy atom. The molecule has 1 unspecified atom stereocenters. The number of aryl methyl sites for hydroxylation is 1. The highest BCUT2D eigenvalue weighted by molar-refractivity contribution is 7.09. The number of rotatable bonds is 5. The lowest BCUT2D eigenvalue weighted by Crippen LogP contribution is -2.46. The SMILES string of the molecule is CC(C)C1CCCCN1C(=O)CCCc1cccs1. The van der Waals surface area contributed by atoms with Crippen LogP contribution in [0.25, 0.3) is 0 Å². The van der Waals surface area contributed by atoms with Crippen molar-refractivity contribution >= 4 is 17.2 Å². The molecule has 2 rings (SSSR count). The maximum atomic E-state index is 12.4. The molecular weight excluding hydrogens is 254 g/mol. The molecule has 1 aromatic rings. The second-order valence-electron chi connectivity index (χ2n) is 5.83. The predicted molar refractivity (Wildman–Crippen MR) is 81.4 cm³/mol. The second-order valence-corrected chi connectivity index (χ2v) is 6.86. The first kappa shape index (κ1) is 14.6. The third kappa shape index (κ3) is 4.07. The van der Waals surface area contributed by atoms with Gasteiger partial charge >= 0.3 is 0 Å². The van der Waals surface area contributed by atoms with E-state index in [2.05, 4.69) is 36.3 Å². The Morgan fingerprint density at radius 3 is 3.00 bits per heavy atom. The standard InChI is InChI=1S/C16H25NOS/c1-13(2)15-9-3-4-11-17(15)16(18)10-5-7-14-8-6-12-19-14/h6,8,12-13,15H,3-5,7,9-11H2,1-2H3. The Kier molecular flexibility index (Phi) is 5.44. The van der Waals surface area contributed by atoms with Gasteiger partial charge in [0.1, 0.15) is 0 Å². The Hall–Kier alpha value is -0.830. The summed E-state index contributed by atoms with van der Waals surface area (Å²) in [5, 5.41) is 2.11. The van der Waals surface area contributed by atoms with Crippen LogP contribution in [0.5, 0.6) is 0 Å². The number of carbonyl (C=O) groups is 1. The number of nitrogens with zero attached hydrogens (tertiary/aromatic N) is 1. The van der Waals surface area contributed by atoms with E-state index in [1.165, 1.54) is 24.1 Å². The second kappa shape index (κ2) is 7.09. The molecule has 0 bridgehead atoms. The van der Waals surface area contributed by atoms with Crippen molar-refractivity contribution in [1.29, 1.82) is 0 Å². The number of hydrogen-bond donors (Lipinski definition) is 0. The highest BCUT2D eigenvalue weighted by atomic mass is 32.1. The predicted octanol–water partition coefficient (Wildman–Crippen LogP) is 4.11. The van der Waals surface area contributed by atoms with Crippen LogP contribution in [0.2, 0.25) is 0 Å². The van der Waals surface area contributed by atoms with Crippen molar-refractivity contribution < 1.29 is 4.79 Å². The summed E-state index contributed by atoms with van der Waals surface area (Å²) in [6.45, 7) is 5.45. The molecule has 1 aliphatic rings. The van der Waals surface area contributed by atoms with E-state index in [0.717, 1.165) is 19.4 Å². The zero-order valence-electron chi connectivity index (χ0n) is 12.1. The summed E-state index contributed by atoms with van der Waals surface area (Å²) < 4.78 is 0. The van der Waals surface area contributed by atoms with Crippen molar-refractivity contribution in [3.05, 3.63) is 22.4 Å². The number of thiophene rings is 1. The van der Waals surface area contributed by atoms with Gasteiger partial charge in [-0.2, -0.15) is 0 Å². The number of likely N-dealkylation sites (tertiary alicyclic amines) is 1. The van der Waals surface area contributed by atoms with Gasteiger partial charge in [-0.1, -0.05) is 19.9 Å². The van der Waals surface area contributed by atoms with Gasteiger partial charge in [0.05, 0.1) is 0 Å². The van der Waals surface area contributed by atoms with E-state index in [1.807, 2.05) is 0 Å². The van der Waals surface area contributed by atoms with Crippen molar-refractivity contribution in [2.24, 2.45) is 5.92 Å². The molecule has 1 saturated heterocycles. The molecule has 0 radical (unpaired) electrons. The summed E-state index contributed by atoms with van der Waals surface area (Å²) in [6.07, 6.45) is 6.39. The van der Waals surface area contributed by atoms with E-state index in [-0.39, 0.29) is 0 Å². The molecule has 0 aromatic carbocycles. The number of piperidine rings is 1. The van der Waals surface area contributed by atoms with Crippen LogP contribution in [0.15, 0.2) is 17.5 Å². The molecule has 1 aromatic heterocycles. The van der Waals surface area contributed by atoms with E-state index < -0.39 is 0 Å². The Bertz CT molecular complexity index is 385. The Morgan fingerprint density at radius 1 is 1.47 bits per heavy atom. The highest BCUT2D eigenvalue weighted by Crippen LogP contribution is 2.24. The third-order valence-corrected chi connectivity index (χ3v) is 4.97. The summed E-state index contributed by atoms with van der Waals surface area (Å²) in [6, 6.07) is 4.72.